The van der Waals surface area contributed by atoms with E-state index in [2.05, 4.69) is 6.58 Å². The summed E-state index contributed by atoms with van der Waals surface area (Å²) in [6.07, 6.45) is -0.474. The standard InChI is InChI=1S/C13H15IO4/c1-7(2)13(16)18-8(3)9-5-10(14)11(15)6-12(9)17-4/h5-6,8,15H,1H2,2-4H3. The summed E-state index contributed by atoms with van der Waals surface area (Å²) in [6, 6.07) is 3.23. The molecule has 5 heteroatoms. The number of phenolic OH excluding ortho intramolecular Hbond substituents is 1. The molecule has 1 aromatic rings. The van der Waals surface area contributed by atoms with Gasteiger partial charge >= 0.3 is 5.97 Å². The van der Waals surface area contributed by atoms with Crippen molar-refractivity contribution in [1.29, 1.82) is 0 Å². The fourth-order valence-corrected chi connectivity index (χ4v) is 1.87. The summed E-state index contributed by atoms with van der Waals surface area (Å²) in [4.78, 5) is 11.5. The Morgan fingerprint density at radius 1 is 1.50 bits per heavy atom. The lowest BCUT2D eigenvalue weighted by molar-refractivity contribution is -0.143. The molecule has 1 rings (SSSR count). The van der Waals surface area contributed by atoms with Gasteiger partial charge in [0.2, 0.25) is 0 Å². The van der Waals surface area contributed by atoms with Crippen molar-refractivity contribution in [2.75, 3.05) is 7.11 Å². The normalized spacial score (nSPS) is 11.8. The molecule has 0 amide bonds. The third-order valence-corrected chi connectivity index (χ3v) is 3.23. The maximum absolute atomic E-state index is 11.5. The quantitative estimate of drug-likeness (QED) is 0.508. The Bertz CT molecular complexity index is 482. The van der Waals surface area contributed by atoms with E-state index in [4.69, 9.17) is 9.47 Å². The maximum Gasteiger partial charge on any atom is 0.333 e. The fourth-order valence-electron chi connectivity index (χ4n) is 1.38. The van der Waals surface area contributed by atoms with E-state index in [1.807, 2.05) is 22.6 Å². The predicted molar refractivity (Wildman–Crippen MR) is 76.7 cm³/mol. The topological polar surface area (TPSA) is 55.8 Å². The van der Waals surface area contributed by atoms with Crippen LogP contribution in [-0.4, -0.2) is 18.2 Å². The van der Waals surface area contributed by atoms with Gasteiger partial charge in [0.25, 0.3) is 0 Å². The summed E-state index contributed by atoms with van der Waals surface area (Å²) in [5.41, 5.74) is 1.04. The molecule has 1 atom stereocenters. The van der Waals surface area contributed by atoms with Gasteiger partial charge in [0.15, 0.2) is 0 Å². The van der Waals surface area contributed by atoms with E-state index < -0.39 is 12.1 Å². The maximum atomic E-state index is 11.5. The molecule has 0 saturated heterocycles. The Morgan fingerprint density at radius 3 is 2.61 bits per heavy atom. The molecule has 1 aromatic carbocycles. The van der Waals surface area contributed by atoms with Crippen LogP contribution in [0.2, 0.25) is 0 Å². The van der Waals surface area contributed by atoms with Gasteiger partial charge in [-0.3, -0.25) is 0 Å². The number of hydrogen-bond acceptors (Lipinski definition) is 4. The molecule has 98 valence electrons. The van der Waals surface area contributed by atoms with Gasteiger partial charge in [-0.1, -0.05) is 6.58 Å². The van der Waals surface area contributed by atoms with Gasteiger partial charge < -0.3 is 14.6 Å². The number of methoxy groups -OCH3 is 1. The lowest BCUT2D eigenvalue weighted by Gasteiger charge is -2.17. The van der Waals surface area contributed by atoms with Crippen molar-refractivity contribution in [3.63, 3.8) is 0 Å². The van der Waals surface area contributed by atoms with Crippen molar-refractivity contribution in [1.82, 2.24) is 0 Å². The molecular weight excluding hydrogens is 347 g/mol. The van der Waals surface area contributed by atoms with Crippen LogP contribution in [0.25, 0.3) is 0 Å². The minimum Gasteiger partial charge on any atom is -0.507 e. The van der Waals surface area contributed by atoms with E-state index in [0.717, 1.165) is 0 Å². The molecule has 0 aliphatic carbocycles. The average Bonchev–Trinajstić information content (AvgIpc) is 2.31. The Morgan fingerprint density at radius 2 is 2.11 bits per heavy atom. The van der Waals surface area contributed by atoms with Gasteiger partial charge in [0, 0.05) is 17.2 Å². The predicted octanol–water partition coefficient (Wildman–Crippen LogP) is 3.19. The highest BCUT2D eigenvalue weighted by molar-refractivity contribution is 14.1. The Labute approximate surface area is 120 Å². The number of rotatable bonds is 4. The summed E-state index contributed by atoms with van der Waals surface area (Å²) in [5.74, 6) is 0.164. The number of carbonyl (C=O) groups is 1. The van der Waals surface area contributed by atoms with Crippen LogP contribution in [0.5, 0.6) is 11.5 Å². The van der Waals surface area contributed by atoms with Crippen LogP contribution >= 0.6 is 22.6 Å². The number of halogens is 1. The molecule has 18 heavy (non-hydrogen) atoms. The molecule has 1 unspecified atom stereocenters. The minimum absolute atomic E-state index is 0.134. The summed E-state index contributed by atoms with van der Waals surface area (Å²) in [7, 11) is 1.50. The summed E-state index contributed by atoms with van der Waals surface area (Å²) in [5, 5.41) is 9.60. The second kappa shape index (κ2) is 6.08. The minimum atomic E-state index is -0.474. The van der Waals surface area contributed by atoms with E-state index in [-0.39, 0.29) is 5.75 Å². The molecule has 0 aliphatic heterocycles. The number of benzene rings is 1. The SMILES string of the molecule is C=C(C)C(=O)OC(C)c1cc(I)c(O)cc1OC. The van der Waals surface area contributed by atoms with Gasteiger partial charge in [-0.05, 0) is 42.5 Å². The highest BCUT2D eigenvalue weighted by Crippen LogP contribution is 2.34. The molecule has 0 aliphatic rings. The summed E-state index contributed by atoms with van der Waals surface area (Å²) >= 11 is 2.00. The van der Waals surface area contributed by atoms with Crippen molar-refractivity contribution in [3.8, 4) is 11.5 Å². The first-order chi connectivity index (χ1) is 8.36. The first-order valence-corrected chi connectivity index (χ1v) is 6.37. The largest absolute Gasteiger partial charge is 0.507 e. The molecule has 0 spiro atoms. The smallest absolute Gasteiger partial charge is 0.333 e. The average molecular weight is 362 g/mol. The van der Waals surface area contributed by atoms with Crippen LogP contribution in [0.4, 0.5) is 0 Å². The van der Waals surface area contributed by atoms with Gasteiger partial charge in [-0.15, -0.1) is 0 Å². The van der Waals surface area contributed by atoms with Crippen molar-refractivity contribution in [2.45, 2.75) is 20.0 Å². The highest BCUT2D eigenvalue weighted by Gasteiger charge is 2.18. The van der Waals surface area contributed by atoms with Gasteiger partial charge in [-0.2, -0.15) is 0 Å². The molecule has 0 heterocycles. The first-order valence-electron chi connectivity index (χ1n) is 5.29. The Kier molecular flexibility index (Phi) is 5.01. The Hall–Kier alpha value is -1.24. The van der Waals surface area contributed by atoms with Gasteiger partial charge in [0.05, 0.1) is 10.7 Å². The van der Waals surface area contributed by atoms with E-state index in [1.54, 1.807) is 19.9 Å². The lowest BCUT2D eigenvalue weighted by atomic mass is 10.1. The zero-order valence-corrected chi connectivity index (χ0v) is 12.6. The number of aromatic hydroxyl groups is 1. The van der Waals surface area contributed by atoms with Crippen LogP contribution in [-0.2, 0) is 9.53 Å². The van der Waals surface area contributed by atoms with Crippen molar-refractivity contribution in [2.24, 2.45) is 0 Å². The van der Waals surface area contributed by atoms with Crippen LogP contribution in [0.15, 0.2) is 24.3 Å². The van der Waals surface area contributed by atoms with Crippen LogP contribution < -0.4 is 4.74 Å². The Balaban J connectivity index is 3.04. The molecule has 0 aromatic heterocycles. The van der Waals surface area contributed by atoms with E-state index in [0.29, 0.717) is 20.5 Å². The van der Waals surface area contributed by atoms with Crippen LogP contribution in [0.1, 0.15) is 25.5 Å². The fraction of sp³-hybridized carbons (Fsp3) is 0.308. The molecular formula is C13H15IO4. The van der Waals surface area contributed by atoms with Crippen molar-refractivity contribution < 1.29 is 19.4 Å². The lowest BCUT2D eigenvalue weighted by Crippen LogP contribution is -2.10. The van der Waals surface area contributed by atoms with Crippen molar-refractivity contribution in [3.05, 3.63) is 33.4 Å². The third-order valence-electron chi connectivity index (χ3n) is 2.37. The van der Waals surface area contributed by atoms with Crippen LogP contribution in [0.3, 0.4) is 0 Å². The number of phenols is 1. The first kappa shape index (κ1) is 14.8. The van der Waals surface area contributed by atoms with Gasteiger partial charge in [-0.25, -0.2) is 4.79 Å². The third kappa shape index (κ3) is 3.38. The molecule has 4 nitrogen and oxygen atoms in total. The van der Waals surface area contributed by atoms with E-state index in [1.165, 1.54) is 13.2 Å². The molecule has 1 N–H and O–H groups in total. The second-order valence-corrected chi connectivity index (χ2v) is 5.04. The second-order valence-electron chi connectivity index (χ2n) is 3.87. The zero-order valence-electron chi connectivity index (χ0n) is 10.5. The number of hydrogen-bond donors (Lipinski definition) is 1. The molecule has 0 fully saturated rings. The van der Waals surface area contributed by atoms with E-state index in [9.17, 15) is 9.90 Å². The number of ether oxygens (including phenoxy) is 2. The molecule has 0 saturated carbocycles. The monoisotopic (exact) mass is 362 g/mol. The summed E-state index contributed by atoms with van der Waals surface area (Å²) < 4.78 is 11.1. The van der Waals surface area contributed by atoms with Gasteiger partial charge in [0.1, 0.15) is 17.6 Å². The highest BCUT2D eigenvalue weighted by atomic mass is 127. The van der Waals surface area contributed by atoms with Crippen molar-refractivity contribution >= 4 is 28.6 Å². The number of esters is 1. The summed E-state index contributed by atoms with van der Waals surface area (Å²) in [6.45, 7) is 6.86. The zero-order chi connectivity index (χ0) is 13.9. The van der Waals surface area contributed by atoms with Crippen LogP contribution in [0, 0.1) is 3.57 Å². The molecule has 0 radical (unpaired) electrons. The molecule has 0 bridgehead atoms. The number of carbonyl (C=O) groups excluding carboxylic acids is 1. The van der Waals surface area contributed by atoms with E-state index >= 15 is 0 Å².